The van der Waals surface area contributed by atoms with Gasteiger partial charge in [-0.2, -0.15) is 5.10 Å². The molecule has 1 saturated heterocycles. The van der Waals surface area contributed by atoms with Gasteiger partial charge in [-0.05, 0) is 36.1 Å². The lowest BCUT2D eigenvalue weighted by Crippen LogP contribution is -2.38. The molecule has 0 saturated carbocycles. The first-order valence-corrected chi connectivity index (χ1v) is 9.14. The molecule has 1 aliphatic heterocycles. The Kier molecular flexibility index (Phi) is 6.66. The zero-order valence-electron chi connectivity index (χ0n) is 15.9. The zero-order valence-corrected chi connectivity index (χ0v) is 15.9. The van der Waals surface area contributed by atoms with Gasteiger partial charge in [0, 0.05) is 39.5 Å². The Morgan fingerprint density at radius 2 is 1.92 bits per heavy atom. The first-order chi connectivity index (χ1) is 12.7. The molecule has 2 heterocycles. The van der Waals surface area contributed by atoms with Crippen LogP contribution in [0.5, 0.6) is 5.75 Å². The average molecular weight is 359 g/mol. The summed E-state index contributed by atoms with van der Waals surface area (Å²) in [7, 11) is 5.36. The molecule has 0 amide bonds. The Morgan fingerprint density at radius 3 is 2.58 bits per heavy atom. The second kappa shape index (κ2) is 9.16. The summed E-state index contributed by atoms with van der Waals surface area (Å²) in [5.41, 5.74) is 2.54. The third-order valence-electron chi connectivity index (χ3n) is 4.97. The lowest BCUT2D eigenvalue weighted by atomic mass is 10.0. The minimum absolute atomic E-state index is 0.226. The minimum atomic E-state index is 0.226. The number of hydrogen-bond acceptors (Lipinski definition) is 5. The number of nitrogens with zero attached hydrogens (tertiary/aromatic N) is 3. The molecule has 0 radical (unpaired) electrons. The number of aromatic nitrogens is 2. The summed E-state index contributed by atoms with van der Waals surface area (Å²) in [6, 6.07) is 8.67. The van der Waals surface area contributed by atoms with Gasteiger partial charge in [-0.25, -0.2) is 0 Å². The Labute approximate surface area is 155 Å². The SMILES string of the molecule is COCCO[C@H]1CCN(Cc2ccc(OC)cc2)[C@H]1Cc1cnn(C)c1. The molecule has 26 heavy (non-hydrogen) atoms. The molecule has 0 aliphatic carbocycles. The van der Waals surface area contributed by atoms with Crippen LogP contribution in [0, 0.1) is 0 Å². The van der Waals surface area contributed by atoms with Crippen molar-refractivity contribution < 1.29 is 14.2 Å². The van der Waals surface area contributed by atoms with Crippen LogP contribution >= 0.6 is 0 Å². The number of ether oxygens (including phenoxy) is 3. The summed E-state index contributed by atoms with van der Waals surface area (Å²) in [6.07, 6.45) is 6.27. The molecule has 2 aromatic rings. The van der Waals surface area contributed by atoms with Crippen LogP contribution in [0.3, 0.4) is 0 Å². The Bertz CT molecular complexity index is 671. The molecule has 3 rings (SSSR count). The highest BCUT2D eigenvalue weighted by Gasteiger charge is 2.35. The number of aryl methyl sites for hydroxylation is 1. The average Bonchev–Trinajstić information content (AvgIpc) is 3.23. The van der Waals surface area contributed by atoms with Gasteiger partial charge in [0.25, 0.3) is 0 Å². The monoisotopic (exact) mass is 359 g/mol. The highest BCUT2D eigenvalue weighted by molar-refractivity contribution is 5.27. The number of benzene rings is 1. The molecule has 2 atom stereocenters. The maximum Gasteiger partial charge on any atom is 0.118 e. The third kappa shape index (κ3) is 4.84. The molecule has 0 N–H and O–H groups in total. The number of methoxy groups -OCH3 is 2. The lowest BCUT2D eigenvalue weighted by Gasteiger charge is -2.28. The van der Waals surface area contributed by atoms with E-state index in [1.54, 1.807) is 14.2 Å². The van der Waals surface area contributed by atoms with E-state index in [2.05, 4.69) is 28.3 Å². The Morgan fingerprint density at radius 1 is 1.12 bits per heavy atom. The fourth-order valence-electron chi connectivity index (χ4n) is 3.60. The Hall–Kier alpha value is -1.89. The standard InChI is InChI=1S/C20H29N3O3/c1-22-14-17(13-21-22)12-19-20(26-11-10-24-2)8-9-23(19)15-16-4-6-18(25-3)7-5-16/h4-7,13-14,19-20H,8-12,15H2,1-3H3/t19-,20-/m0/s1. The largest absolute Gasteiger partial charge is 0.497 e. The van der Waals surface area contributed by atoms with Gasteiger partial charge in [0.1, 0.15) is 5.75 Å². The van der Waals surface area contributed by atoms with Crippen LogP contribution in [0.1, 0.15) is 17.5 Å². The lowest BCUT2D eigenvalue weighted by molar-refractivity contribution is -0.00131. The van der Waals surface area contributed by atoms with Gasteiger partial charge in [0.05, 0.1) is 32.6 Å². The van der Waals surface area contributed by atoms with Crippen molar-refractivity contribution in [3.63, 3.8) is 0 Å². The first-order valence-electron chi connectivity index (χ1n) is 9.14. The van der Waals surface area contributed by atoms with Crippen molar-refractivity contribution >= 4 is 0 Å². The minimum Gasteiger partial charge on any atom is -0.497 e. The summed E-state index contributed by atoms with van der Waals surface area (Å²) >= 11 is 0. The maximum atomic E-state index is 6.13. The van der Waals surface area contributed by atoms with E-state index >= 15 is 0 Å². The van der Waals surface area contributed by atoms with Crippen LogP contribution in [0.4, 0.5) is 0 Å². The van der Waals surface area contributed by atoms with Crippen LogP contribution in [-0.2, 0) is 29.5 Å². The van der Waals surface area contributed by atoms with Gasteiger partial charge in [-0.3, -0.25) is 9.58 Å². The van der Waals surface area contributed by atoms with Crippen molar-refractivity contribution in [1.29, 1.82) is 0 Å². The molecule has 6 heteroatoms. The summed E-state index contributed by atoms with van der Waals surface area (Å²) in [6.45, 7) is 3.23. The highest BCUT2D eigenvalue weighted by atomic mass is 16.5. The van der Waals surface area contributed by atoms with E-state index in [0.717, 1.165) is 31.7 Å². The quantitative estimate of drug-likeness (QED) is 0.643. The van der Waals surface area contributed by atoms with E-state index in [1.807, 2.05) is 30.1 Å². The molecular weight excluding hydrogens is 330 g/mol. The molecule has 1 aromatic carbocycles. The molecule has 6 nitrogen and oxygen atoms in total. The fourth-order valence-corrected chi connectivity index (χ4v) is 3.60. The summed E-state index contributed by atoms with van der Waals surface area (Å²) < 4.78 is 18.4. The predicted molar refractivity (Wildman–Crippen MR) is 100 cm³/mol. The van der Waals surface area contributed by atoms with Crippen molar-refractivity contribution in [3.05, 3.63) is 47.8 Å². The van der Waals surface area contributed by atoms with E-state index in [4.69, 9.17) is 14.2 Å². The molecule has 0 unspecified atom stereocenters. The highest BCUT2D eigenvalue weighted by Crippen LogP contribution is 2.26. The maximum absolute atomic E-state index is 6.13. The van der Waals surface area contributed by atoms with Gasteiger partial charge in [0.15, 0.2) is 0 Å². The van der Waals surface area contributed by atoms with Crippen molar-refractivity contribution in [2.75, 3.05) is 34.0 Å². The number of likely N-dealkylation sites (tertiary alicyclic amines) is 1. The normalized spacial score (nSPS) is 20.6. The molecule has 1 fully saturated rings. The number of hydrogen-bond donors (Lipinski definition) is 0. The Balaban J connectivity index is 1.68. The topological polar surface area (TPSA) is 48.8 Å². The van der Waals surface area contributed by atoms with Crippen molar-refractivity contribution in [1.82, 2.24) is 14.7 Å². The van der Waals surface area contributed by atoms with E-state index in [0.29, 0.717) is 19.3 Å². The second-order valence-electron chi connectivity index (χ2n) is 6.80. The molecule has 142 valence electrons. The summed E-state index contributed by atoms with van der Waals surface area (Å²) in [5, 5.41) is 4.31. The molecule has 1 aliphatic rings. The van der Waals surface area contributed by atoms with Crippen LogP contribution in [0.25, 0.3) is 0 Å². The summed E-state index contributed by atoms with van der Waals surface area (Å²) in [4.78, 5) is 2.52. The van der Waals surface area contributed by atoms with Gasteiger partial charge >= 0.3 is 0 Å². The van der Waals surface area contributed by atoms with Crippen LogP contribution in [0.15, 0.2) is 36.7 Å². The molecule has 0 bridgehead atoms. The third-order valence-corrected chi connectivity index (χ3v) is 4.97. The second-order valence-corrected chi connectivity index (χ2v) is 6.80. The van der Waals surface area contributed by atoms with E-state index in [9.17, 15) is 0 Å². The molecule has 1 aromatic heterocycles. The van der Waals surface area contributed by atoms with Gasteiger partial charge in [-0.1, -0.05) is 12.1 Å². The predicted octanol–water partition coefficient (Wildman–Crippen LogP) is 2.28. The van der Waals surface area contributed by atoms with Crippen LogP contribution in [0.2, 0.25) is 0 Å². The van der Waals surface area contributed by atoms with Crippen LogP contribution in [-0.4, -0.2) is 60.8 Å². The van der Waals surface area contributed by atoms with Gasteiger partial charge in [0.2, 0.25) is 0 Å². The first kappa shape index (κ1) is 18.9. The van der Waals surface area contributed by atoms with Crippen molar-refractivity contribution in [2.45, 2.75) is 31.5 Å². The van der Waals surface area contributed by atoms with Gasteiger partial charge in [-0.15, -0.1) is 0 Å². The summed E-state index contributed by atoms with van der Waals surface area (Å²) in [5.74, 6) is 0.892. The van der Waals surface area contributed by atoms with Crippen LogP contribution < -0.4 is 4.74 Å². The van der Waals surface area contributed by atoms with E-state index < -0.39 is 0 Å². The van der Waals surface area contributed by atoms with Gasteiger partial charge < -0.3 is 14.2 Å². The van der Waals surface area contributed by atoms with Crippen molar-refractivity contribution in [2.24, 2.45) is 7.05 Å². The van der Waals surface area contributed by atoms with E-state index in [1.165, 1.54) is 11.1 Å². The smallest absolute Gasteiger partial charge is 0.118 e. The van der Waals surface area contributed by atoms with E-state index in [-0.39, 0.29) is 6.10 Å². The number of rotatable bonds is 9. The van der Waals surface area contributed by atoms with Crippen molar-refractivity contribution in [3.8, 4) is 5.75 Å². The molecular formula is C20H29N3O3. The zero-order chi connectivity index (χ0) is 18.4. The fraction of sp³-hybridized carbons (Fsp3) is 0.550. The molecule has 0 spiro atoms.